The van der Waals surface area contributed by atoms with E-state index in [1.807, 2.05) is 62.4 Å². The van der Waals surface area contributed by atoms with Crippen LogP contribution in [0.1, 0.15) is 45.2 Å². The van der Waals surface area contributed by atoms with E-state index in [2.05, 4.69) is 22.5 Å². The number of allylic oxidation sites excluding steroid dienone is 1. The normalized spacial score (nSPS) is 15.0. The molecular formula is C25H28ClN5O2S. The second-order valence-electron chi connectivity index (χ2n) is 7.87. The van der Waals surface area contributed by atoms with E-state index in [0.717, 1.165) is 24.2 Å². The van der Waals surface area contributed by atoms with E-state index in [1.54, 1.807) is 16.4 Å². The molecule has 2 heterocycles. The highest BCUT2D eigenvalue weighted by Crippen LogP contribution is 2.38. The summed E-state index contributed by atoms with van der Waals surface area (Å²) in [5.41, 5.74) is 2.71. The maximum atomic E-state index is 13.7. The zero-order chi connectivity index (χ0) is 24.1. The molecule has 7 nitrogen and oxygen atoms in total. The molecule has 1 atom stereocenters. The Kier molecular flexibility index (Phi) is 7.80. The Balaban J connectivity index is 1.73. The third-order valence-corrected chi connectivity index (χ3v) is 6.57. The van der Waals surface area contributed by atoms with Gasteiger partial charge in [0.05, 0.1) is 17.9 Å². The molecule has 34 heavy (non-hydrogen) atoms. The number of nitrogens with zero attached hydrogens (tertiary/aromatic N) is 3. The van der Waals surface area contributed by atoms with Crippen molar-refractivity contribution in [1.29, 1.82) is 0 Å². The maximum absolute atomic E-state index is 13.7. The molecule has 1 aliphatic rings. The van der Waals surface area contributed by atoms with Gasteiger partial charge in [0.15, 0.2) is 0 Å². The van der Waals surface area contributed by atoms with Crippen molar-refractivity contribution >= 4 is 40.9 Å². The molecule has 3 aromatic rings. The first kappa shape index (κ1) is 24.2. The minimum atomic E-state index is -0.484. The number of hydrogen-bond donors (Lipinski definition) is 2. The van der Waals surface area contributed by atoms with Crippen LogP contribution in [0, 0.1) is 0 Å². The van der Waals surface area contributed by atoms with Gasteiger partial charge in [0.1, 0.15) is 11.8 Å². The fourth-order valence-electron chi connectivity index (χ4n) is 3.82. The first-order valence-corrected chi connectivity index (χ1v) is 12.7. The second kappa shape index (κ2) is 11.0. The van der Waals surface area contributed by atoms with E-state index in [0.29, 0.717) is 45.4 Å². The largest absolute Gasteiger partial charge is 0.492 e. The summed E-state index contributed by atoms with van der Waals surface area (Å²) < 4.78 is 7.47. The molecule has 4 rings (SSSR count). The van der Waals surface area contributed by atoms with Gasteiger partial charge in [-0.05, 0) is 50.1 Å². The van der Waals surface area contributed by atoms with Gasteiger partial charge in [-0.15, -0.1) is 5.10 Å². The Morgan fingerprint density at radius 3 is 2.82 bits per heavy atom. The molecule has 0 saturated heterocycles. The predicted molar refractivity (Wildman–Crippen MR) is 138 cm³/mol. The number of thioether (sulfide) groups is 1. The quantitative estimate of drug-likeness (QED) is 0.272. The van der Waals surface area contributed by atoms with Gasteiger partial charge >= 0.3 is 0 Å². The van der Waals surface area contributed by atoms with Gasteiger partial charge in [-0.3, -0.25) is 4.79 Å². The Bertz CT molecular complexity index is 1210. The number of unbranched alkanes of at least 4 members (excludes halogenated alkanes) is 1. The Morgan fingerprint density at radius 2 is 2.06 bits per heavy atom. The average Bonchev–Trinajstić information content (AvgIpc) is 3.22. The first-order valence-electron chi connectivity index (χ1n) is 11.4. The zero-order valence-corrected chi connectivity index (χ0v) is 21.0. The van der Waals surface area contributed by atoms with Crippen LogP contribution >= 0.6 is 23.4 Å². The Labute approximate surface area is 208 Å². The van der Waals surface area contributed by atoms with Crippen LogP contribution in [-0.4, -0.2) is 33.0 Å². The highest BCUT2D eigenvalue weighted by atomic mass is 35.5. The van der Waals surface area contributed by atoms with Crippen LogP contribution in [0.2, 0.25) is 5.02 Å². The van der Waals surface area contributed by atoms with E-state index in [1.165, 1.54) is 0 Å². The van der Waals surface area contributed by atoms with Gasteiger partial charge in [-0.2, -0.15) is 4.98 Å². The van der Waals surface area contributed by atoms with E-state index in [-0.39, 0.29) is 5.91 Å². The van der Waals surface area contributed by atoms with Gasteiger partial charge in [0.2, 0.25) is 11.1 Å². The Morgan fingerprint density at radius 1 is 1.24 bits per heavy atom. The molecule has 178 valence electrons. The standard InChI is InChI=1S/C25H28ClN5O2S/c1-4-6-14-34-25-29-24-27-16(3)21(22(31(24)30-25)17-10-9-11-18(26)15-17)23(32)28-19-12-7-8-13-20(19)33-5-2/h7-13,15,22H,4-6,14H2,1-3H3,(H,28,32)(H,27,29,30). The zero-order valence-electron chi connectivity index (χ0n) is 19.5. The third-order valence-electron chi connectivity index (χ3n) is 5.41. The molecule has 9 heteroatoms. The summed E-state index contributed by atoms with van der Waals surface area (Å²) in [4.78, 5) is 18.3. The van der Waals surface area contributed by atoms with Gasteiger partial charge in [0.25, 0.3) is 5.91 Å². The first-order chi connectivity index (χ1) is 16.5. The molecule has 2 aromatic carbocycles. The summed E-state index contributed by atoms with van der Waals surface area (Å²) in [5, 5.41) is 12.3. The minimum Gasteiger partial charge on any atom is -0.492 e. The summed E-state index contributed by atoms with van der Waals surface area (Å²) in [6.45, 7) is 6.45. The number of carbonyl (C=O) groups is 1. The summed E-state index contributed by atoms with van der Waals surface area (Å²) in [5.74, 6) is 1.92. The summed E-state index contributed by atoms with van der Waals surface area (Å²) >= 11 is 7.95. The van der Waals surface area contributed by atoms with Crippen molar-refractivity contribution in [3.63, 3.8) is 0 Å². The van der Waals surface area contributed by atoms with Crippen molar-refractivity contribution in [3.05, 3.63) is 70.4 Å². The maximum Gasteiger partial charge on any atom is 0.255 e. The summed E-state index contributed by atoms with van der Waals surface area (Å²) in [6, 6.07) is 14.4. The van der Waals surface area contributed by atoms with E-state index < -0.39 is 6.04 Å². The van der Waals surface area contributed by atoms with Crippen molar-refractivity contribution in [1.82, 2.24) is 14.8 Å². The number of hydrogen-bond acceptors (Lipinski definition) is 6. The van der Waals surface area contributed by atoms with Crippen molar-refractivity contribution in [2.45, 2.75) is 44.8 Å². The number of rotatable bonds is 9. The van der Waals surface area contributed by atoms with E-state index in [4.69, 9.17) is 21.4 Å². The Hall–Kier alpha value is -2.97. The summed E-state index contributed by atoms with van der Waals surface area (Å²) in [7, 11) is 0. The lowest BCUT2D eigenvalue weighted by Crippen LogP contribution is -2.31. The fraction of sp³-hybridized carbons (Fsp3) is 0.320. The smallest absolute Gasteiger partial charge is 0.255 e. The number of anilines is 2. The average molecular weight is 498 g/mol. The van der Waals surface area contributed by atoms with E-state index in [9.17, 15) is 4.79 Å². The highest BCUT2D eigenvalue weighted by Gasteiger charge is 2.34. The number of amides is 1. The van der Waals surface area contributed by atoms with Crippen LogP contribution in [0.25, 0.3) is 0 Å². The lowest BCUT2D eigenvalue weighted by molar-refractivity contribution is -0.113. The number of para-hydroxylation sites is 2. The third kappa shape index (κ3) is 5.23. The molecule has 1 aliphatic heterocycles. The monoisotopic (exact) mass is 497 g/mol. The number of halogens is 1. The van der Waals surface area contributed by atoms with Crippen molar-refractivity contribution in [2.24, 2.45) is 0 Å². The molecule has 1 aromatic heterocycles. The van der Waals surface area contributed by atoms with Crippen LogP contribution in [0.15, 0.2) is 65.0 Å². The molecule has 2 N–H and O–H groups in total. The molecule has 0 fully saturated rings. The number of benzene rings is 2. The SMILES string of the molecule is CCCCSc1nc2n(n1)C(c1cccc(Cl)c1)C(C(=O)Nc1ccccc1OCC)=C(C)N2. The molecule has 0 saturated carbocycles. The minimum absolute atomic E-state index is 0.247. The number of carbonyl (C=O) groups excluding carboxylic acids is 1. The lowest BCUT2D eigenvalue weighted by atomic mass is 9.95. The second-order valence-corrected chi connectivity index (χ2v) is 9.37. The lowest BCUT2D eigenvalue weighted by Gasteiger charge is -2.29. The van der Waals surface area contributed by atoms with Crippen LogP contribution < -0.4 is 15.4 Å². The highest BCUT2D eigenvalue weighted by molar-refractivity contribution is 7.99. The van der Waals surface area contributed by atoms with Crippen LogP contribution in [0.4, 0.5) is 11.6 Å². The predicted octanol–water partition coefficient (Wildman–Crippen LogP) is 6.15. The van der Waals surface area contributed by atoms with Crippen LogP contribution in [0.5, 0.6) is 5.75 Å². The van der Waals surface area contributed by atoms with Crippen LogP contribution in [0.3, 0.4) is 0 Å². The number of nitrogens with one attached hydrogen (secondary N) is 2. The van der Waals surface area contributed by atoms with Gasteiger partial charge in [-0.25, -0.2) is 4.68 Å². The molecule has 0 radical (unpaired) electrons. The van der Waals surface area contributed by atoms with Crippen molar-refractivity contribution in [2.75, 3.05) is 23.0 Å². The molecule has 1 amide bonds. The topological polar surface area (TPSA) is 81.1 Å². The fourth-order valence-corrected chi connectivity index (χ4v) is 4.93. The molecule has 1 unspecified atom stereocenters. The van der Waals surface area contributed by atoms with Gasteiger partial charge < -0.3 is 15.4 Å². The summed E-state index contributed by atoms with van der Waals surface area (Å²) in [6.07, 6.45) is 2.20. The number of ether oxygens (including phenoxy) is 1. The van der Waals surface area contributed by atoms with Crippen molar-refractivity contribution < 1.29 is 9.53 Å². The van der Waals surface area contributed by atoms with E-state index >= 15 is 0 Å². The van der Waals surface area contributed by atoms with Crippen molar-refractivity contribution in [3.8, 4) is 5.75 Å². The van der Waals surface area contributed by atoms with Gasteiger partial charge in [0, 0.05) is 16.5 Å². The van der Waals surface area contributed by atoms with Crippen LogP contribution in [-0.2, 0) is 4.79 Å². The van der Waals surface area contributed by atoms with Gasteiger partial charge in [-0.1, -0.05) is 61.0 Å². The molecule has 0 bridgehead atoms. The number of aromatic nitrogens is 3. The molecular weight excluding hydrogens is 470 g/mol. The number of fused-ring (bicyclic) bond motifs is 1. The molecule has 0 aliphatic carbocycles. The molecule has 0 spiro atoms.